The molecule has 16 heavy (non-hydrogen) atoms. The summed E-state index contributed by atoms with van der Waals surface area (Å²) < 4.78 is 0. The van der Waals surface area contributed by atoms with E-state index in [0.29, 0.717) is 17.8 Å². The topological polar surface area (TPSA) is 55.1 Å². The van der Waals surface area contributed by atoms with E-state index in [1.165, 1.54) is 0 Å². The van der Waals surface area contributed by atoms with Crippen LogP contribution in [0.1, 0.15) is 32.8 Å². The zero-order valence-electron chi connectivity index (χ0n) is 10.4. The second-order valence-electron chi connectivity index (χ2n) is 5.38. The summed E-state index contributed by atoms with van der Waals surface area (Å²) in [6.07, 6.45) is 0.486. The van der Waals surface area contributed by atoms with Crippen LogP contribution in [0.15, 0.2) is 18.2 Å². The van der Waals surface area contributed by atoms with E-state index in [-0.39, 0.29) is 11.3 Å². The number of amides is 1. The normalized spacial score (nSPS) is 11.2. The molecule has 1 aromatic rings. The number of nitrogens with one attached hydrogen (secondary N) is 1. The van der Waals surface area contributed by atoms with Crippen LogP contribution in [0, 0.1) is 12.3 Å². The lowest BCUT2D eigenvalue weighted by molar-refractivity contribution is -0.117. The molecule has 0 fully saturated rings. The average molecular weight is 220 g/mol. The maximum absolute atomic E-state index is 11.7. The molecule has 0 heterocycles. The number of hydrogen-bond donors (Lipinski definition) is 2. The standard InChI is InChI=1S/C13H20N2O/c1-9-5-6-11(10(14)7-9)15-12(16)8-13(2,3)4/h5-7H,8,14H2,1-4H3,(H,15,16). The number of carbonyl (C=O) groups excluding carboxylic acids is 1. The van der Waals surface area contributed by atoms with Crippen LogP contribution in [0.2, 0.25) is 0 Å². The molecule has 0 saturated heterocycles. The molecule has 0 unspecified atom stereocenters. The van der Waals surface area contributed by atoms with Crippen molar-refractivity contribution in [3.05, 3.63) is 23.8 Å². The lowest BCUT2D eigenvalue weighted by Crippen LogP contribution is -2.20. The van der Waals surface area contributed by atoms with Gasteiger partial charge in [0.15, 0.2) is 0 Å². The molecule has 0 atom stereocenters. The molecular weight excluding hydrogens is 200 g/mol. The Morgan fingerprint density at radius 1 is 1.38 bits per heavy atom. The molecular formula is C13H20N2O. The number of carbonyl (C=O) groups is 1. The number of anilines is 2. The molecule has 0 bridgehead atoms. The Morgan fingerprint density at radius 2 is 2.00 bits per heavy atom. The van der Waals surface area contributed by atoms with Crippen LogP contribution in [0.3, 0.4) is 0 Å². The third-order valence-corrected chi connectivity index (χ3v) is 2.17. The van der Waals surface area contributed by atoms with Gasteiger partial charge in [-0.2, -0.15) is 0 Å². The highest BCUT2D eigenvalue weighted by Crippen LogP contribution is 2.23. The third kappa shape index (κ3) is 3.93. The van der Waals surface area contributed by atoms with Gasteiger partial charge >= 0.3 is 0 Å². The highest BCUT2D eigenvalue weighted by atomic mass is 16.1. The molecule has 3 nitrogen and oxygen atoms in total. The van der Waals surface area contributed by atoms with E-state index in [9.17, 15) is 4.79 Å². The maximum Gasteiger partial charge on any atom is 0.224 e. The van der Waals surface area contributed by atoms with E-state index in [1.54, 1.807) is 0 Å². The summed E-state index contributed by atoms with van der Waals surface area (Å²) in [5.41, 5.74) is 8.21. The second kappa shape index (κ2) is 4.56. The quantitative estimate of drug-likeness (QED) is 0.753. The summed E-state index contributed by atoms with van der Waals surface area (Å²) in [6.45, 7) is 8.07. The number of hydrogen-bond acceptors (Lipinski definition) is 2. The van der Waals surface area contributed by atoms with Crippen molar-refractivity contribution in [3.63, 3.8) is 0 Å². The molecule has 0 aliphatic rings. The number of benzene rings is 1. The monoisotopic (exact) mass is 220 g/mol. The Kier molecular flexibility index (Phi) is 3.58. The Hall–Kier alpha value is -1.51. The van der Waals surface area contributed by atoms with Gasteiger partial charge in [-0.3, -0.25) is 4.79 Å². The van der Waals surface area contributed by atoms with Crippen LogP contribution in [-0.2, 0) is 4.79 Å². The van der Waals surface area contributed by atoms with Gasteiger partial charge in [0.2, 0.25) is 5.91 Å². The minimum atomic E-state index is -0.0104. The van der Waals surface area contributed by atoms with Crippen LogP contribution < -0.4 is 11.1 Å². The summed E-state index contributed by atoms with van der Waals surface area (Å²) >= 11 is 0. The summed E-state index contributed by atoms with van der Waals surface area (Å²) in [5.74, 6) is 0.00283. The van der Waals surface area contributed by atoms with Crippen molar-refractivity contribution in [3.8, 4) is 0 Å². The first-order valence-electron chi connectivity index (χ1n) is 5.44. The minimum Gasteiger partial charge on any atom is -0.397 e. The Bertz CT molecular complexity index is 391. The number of nitrogen functional groups attached to an aromatic ring is 1. The molecule has 0 radical (unpaired) electrons. The molecule has 3 heteroatoms. The average Bonchev–Trinajstić information content (AvgIpc) is 2.06. The summed E-state index contributed by atoms with van der Waals surface area (Å²) in [5, 5.41) is 2.83. The van der Waals surface area contributed by atoms with Crippen LogP contribution in [0.5, 0.6) is 0 Å². The van der Waals surface area contributed by atoms with E-state index < -0.39 is 0 Å². The SMILES string of the molecule is Cc1ccc(NC(=O)CC(C)(C)C)c(N)c1. The van der Waals surface area contributed by atoms with Crippen molar-refractivity contribution in [1.82, 2.24) is 0 Å². The Balaban J connectivity index is 2.70. The van der Waals surface area contributed by atoms with E-state index in [2.05, 4.69) is 5.32 Å². The van der Waals surface area contributed by atoms with Gasteiger partial charge in [0.1, 0.15) is 0 Å². The molecule has 0 aliphatic heterocycles. The van der Waals surface area contributed by atoms with Gasteiger partial charge in [0.05, 0.1) is 11.4 Å². The van der Waals surface area contributed by atoms with Gasteiger partial charge in [-0.05, 0) is 30.0 Å². The molecule has 88 valence electrons. The zero-order chi connectivity index (χ0) is 12.3. The molecule has 0 aromatic heterocycles. The van der Waals surface area contributed by atoms with Gasteiger partial charge < -0.3 is 11.1 Å². The van der Waals surface area contributed by atoms with Crippen molar-refractivity contribution in [2.75, 3.05) is 11.1 Å². The van der Waals surface area contributed by atoms with Crippen molar-refractivity contribution in [1.29, 1.82) is 0 Å². The molecule has 0 saturated carbocycles. The third-order valence-electron chi connectivity index (χ3n) is 2.17. The highest BCUT2D eigenvalue weighted by Gasteiger charge is 2.16. The molecule has 0 spiro atoms. The lowest BCUT2D eigenvalue weighted by atomic mass is 9.92. The minimum absolute atomic E-state index is 0.00283. The van der Waals surface area contributed by atoms with E-state index in [1.807, 2.05) is 45.9 Å². The molecule has 0 aliphatic carbocycles. The maximum atomic E-state index is 11.7. The molecule has 3 N–H and O–H groups in total. The molecule has 1 amide bonds. The first-order chi connectivity index (χ1) is 7.28. The fourth-order valence-electron chi connectivity index (χ4n) is 1.47. The summed E-state index contributed by atoms with van der Waals surface area (Å²) in [6, 6.07) is 5.63. The highest BCUT2D eigenvalue weighted by molar-refractivity contribution is 5.94. The lowest BCUT2D eigenvalue weighted by Gasteiger charge is -2.17. The molecule has 1 aromatic carbocycles. The fourth-order valence-corrected chi connectivity index (χ4v) is 1.47. The predicted molar refractivity (Wildman–Crippen MR) is 68.3 cm³/mol. The van der Waals surface area contributed by atoms with Gasteiger partial charge in [-0.25, -0.2) is 0 Å². The Labute approximate surface area is 97.0 Å². The van der Waals surface area contributed by atoms with E-state index in [4.69, 9.17) is 5.73 Å². The molecule has 1 rings (SSSR count). The van der Waals surface area contributed by atoms with Crippen LogP contribution >= 0.6 is 0 Å². The smallest absolute Gasteiger partial charge is 0.224 e. The van der Waals surface area contributed by atoms with Crippen LogP contribution in [0.4, 0.5) is 11.4 Å². The first kappa shape index (κ1) is 12.6. The van der Waals surface area contributed by atoms with Crippen LogP contribution in [-0.4, -0.2) is 5.91 Å². The fraction of sp³-hybridized carbons (Fsp3) is 0.462. The Morgan fingerprint density at radius 3 is 2.50 bits per heavy atom. The summed E-state index contributed by atoms with van der Waals surface area (Å²) in [4.78, 5) is 11.7. The summed E-state index contributed by atoms with van der Waals surface area (Å²) in [7, 11) is 0. The van der Waals surface area contributed by atoms with E-state index in [0.717, 1.165) is 5.56 Å². The van der Waals surface area contributed by atoms with Gasteiger partial charge in [-0.15, -0.1) is 0 Å². The van der Waals surface area contributed by atoms with Gasteiger partial charge in [-0.1, -0.05) is 26.8 Å². The van der Waals surface area contributed by atoms with Gasteiger partial charge in [0.25, 0.3) is 0 Å². The van der Waals surface area contributed by atoms with Crippen molar-refractivity contribution in [2.45, 2.75) is 34.1 Å². The van der Waals surface area contributed by atoms with Gasteiger partial charge in [0, 0.05) is 6.42 Å². The second-order valence-corrected chi connectivity index (χ2v) is 5.38. The zero-order valence-corrected chi connectivity index (χ0v) is 10.4. The number of nitrogens with two attached hydrogens (primary N) is 1. The van der Waals surface area contributed by atoms with Crippen molar-refractivity contribution in [2.24, 2.45) is 5.41 Å². The first-order valence-corrected chi connectivity index (χ1v) is 5.44. The largest absolute Gasteiger partial charge is 0.397 e. The van der Waals surface area contributed by atoms with E-state index >= 15 is 0 Å². The van der Waals surface area contributed by atoms with Crippen molar-refractivity contribution >= 4 is 17.3 Å². The number of aryl methyl sites for hydroxylation is 1. The predicted octanol–water partition coefficient (Wildman–Crippen LogP) is 2.95. The number of rotatable bonds is 2. The van der Waals surface area contributed by atoms with Crippen molar-refractivity contribution < 1.29 is 4.79 Å². The van der Waals surface area contributed by atoms with Crippen LogP contribution in [0.25, 0.3) is 0 Å².